The summed E-state index contributed by atoms with van der Waals surface area (Å²) in [5, 5.41) is 2.79. The highest BCUT2D eigenvalue weighted by Gasteiger charge is 2.25. The smallest absolute Gasteiger partial charge is 0.240 e. The lowest BCUT2D eigenvalue weighted by atomic mass is 9.99. The number of aromatic nitrogens is 1. The van der Waals surface area contributed by atoms with Crippen molar-refractivity contribution in [3.05, 3.63) is 24.0 Å². The zero-order valence-electron chi connectivity index (χ0n) is 8.63. The van der Waals surface area contributed by atoms with E-state index >= 15 is 0 Å². The van der Waals surface area contributed by atoms with E-state index in [1.807, 2.05) is 25.4 Å². The molecular formula is C10H17N3O. The SMILES string of the molecule is CCC(C)(N)C(=O)NCc1cc[nH]c1. The van der Waals surface area contributed by atoms with Gasteiger partial charge in [-0.25, -0.2) is 0 Å². The first-order chi connectivity index (χ1) is 6.56. The Kier molecular flexibility index (Phi) is 3.30. The van der Waals surface area contributed by atoms with Gasteiger partial charge in [-0.05, 0) is 25.0 Å². The van der Waals surface area contributed by atoms with Crippen molar-refractivity contribution in [3.63, 3.8) is 0 Å². The maximum absolute atomic E-state index is 11.5. The maximum atomic E-state index is 11.5. The van der Waals surface area contributed by atoms with E-state index in [2.05, 4.69) is 10.3 Å². The van der Waals surface area contributed by atoms with Crippen LogP contribution in [0.3, 0.4) is 0 Å². The summed E-state index contributed by atoms with van der Waals surface area (Å²) in [6, 6.07) is 1.92. The molecule has 4 nitrogen and oxygen atoms in total. The number of amides is 1. The van der Waals surface area contributed by atoms with E-state index in [4.69, 9.17) is 5.73 Å². The third-order valence-corrected chi connectivity index (χ3v) is 2.37. The molecule has 0 aliphatic heterocycles. The van der Waals surface area contributed by atoms with Gasteiger partial charge in [0.15, 0.2) is 0 Å². The number of carbonyl (C=O) groups is 1. The monoisotopic (exact) mass is 195 g/mol. The summed E-state index contributed by atoms with van der Waals surface area (Å²) >= 11 is 0. The summed E-state index contributed by atoms with van der Waals surface area (Å²) in [4.78, 5) is 14.5. The Morgan fingerprint density at radius 2 is 2.43 bits per heavy atom. The molecule has 1 atom stereocenters. The van der Waals surface area contributed by atoms with Crippen LogP contribution >= 0.6 is 0 Å². The molecule has 0 saturated carbocycles. The highest BCUT2D eigenvalue weighted by atomic mass is 16.2. The molecule has 1 heterocycles. The van der Waals surface area contributed by atoms with Crippen molar-refractivity contribution in [3.8, 4) is 0 Å². The van der Waals surface area contributed by atoms with Gasteiger partial charge in [-0.15, -0.1) is 0 Å². The van der Waals surface area contributed by atoms with Gasteiger partial charge in [0.25, 0.3) is 0 Å². The first-order valence-corrected chi connectivity index (χ1v) is 4.75. The molecule has 1 aromatic heterocycles. The van der Waals surface area contributed by atoms with E-state index in [-0.39, 0.29) is 5.91 Å². The molecule has 1 rings (SSSR count). The fraction of sp³-hybridized carbons (Fsp3) is 0.500. The van der Waals surface area contributed by atoms with Crippen LogP contribution in [0.25, 0.3) is 0 Å². The summed E-state index contributed by atoms with van der Waals surface area (Å²) in [7, 11) is 0. The van der Waals surface area contributed by atoms with E-state index in [1.165, 1.54) is 0 Å². The van der Waals surface area contributed by atoms with Gasteiger partial charge in [-0.2, -0.15) is 0 Å². The van der Waals surface area contributed by atoms with Gasteiger partial charge in [0.1, 0.15) is 0 Å². The van der Waals surface area contributed by atoms with Crippen LogP contribution in [-0.2, 0) is 11.3 Å². The number of H-pyrrole nitrogens is 1. The van der Waals surface area contributed by atoms with Gasteiger partial charge < -0.3 is 16.0 Å². The van der Waals surface area contributed by atoms with Crippen molar-refractivity contribution in [1.82, 2.24) is 10.3 Å². The van der Waals surface area contributed by atoms with E-state index < -0.39 is 5.54 Å². The van der Waals surface area contributed by atoms with Crippen molar-refractivity contribution >= 4 is 5.91 Å². The van der Waals surface area contributed by atoms with Crippen LogP contribution in [0.1, 0.15) is 25.8 Å². The van der Waals surface area contributed by atoms with Crippen molar-refractivity contribution in [2.24, 2.45) is 5.73 Å². The van der Waals surface area contributed by atoms with Gasteiger partial charge in [0, 0.05) is 18.9 Å². The Labute approximate surface area is 83.9 Å². The van der Waals surface area contributed by atoms with Crippen LogP contribution in [0, 0.1) is 0 Å². The summed E-state index contributed by atoms with van der Waals surface area (Å²) in [6.45, 7) is 4.16. The van der Waals surface area contributed by atoms with Crippen LogP contribution in [0.5, 0.6) is 0 Å². The quantitative estimate of drug-likeness (QED) is 0.663. The molecular weight excluding hydrogens is 178 g/mol. The largest absolute Gasteiger partial charge is 0.367 e. The van der Waals surface area contributed by atoms with Crippen molar-refractivity contribution in [2.45, 2.75) is 32.4 Å². The summed E-state index contributed by atoms with van der Waals surface area (Å²) in [5.74, 6) is -0.110. The van der Waals surface area contributed by atoms with E-state index in [0.29, 0.717) is 13.0 Å². The molecule has 1 aromatic rings. The summed E-state index contributed by atoms with van der Waals surface area (Å²) in [6.07, 6.45) is 4.30. The molecule has 0 fully saturated rings. The second kappa shape index (κ2) is 4.28. The van der Waals surface area contributed by atoms with Crippen LogP contribution < -0.4 is 11.1 Å². The normalized spacial score (nSPS) is 14.8. The third kappa shape index (κ3) is 2.60. The van der Waals surface area contributed by atoms with Gasteiger partial charge in [0.05, 0.1) is 5.54 Å². The topological polar surface area (TPSA) is 70.9 Å². The van der Waals surface area contributed by atoms with Crippen LogP contribution in [-0.4, -0.2) is 16.4 Å². The number of rotatable bonds is 4. The van der Waals surface area contributed by atoms with E-state index in [0.717, 1.165) is 5.56 Å². The van der Waals surface area contributed by atoms with Crippen LogP contribution in [0.15, 0.2) is 18.5 Å². The molecule has 0 aliphatic rings. The number of nitrogens with two attached hydrogens (primary N) is 1. The van der Waals surface area contributed by atoms with Gasteiger partial charge in [-0.3, -0.25) is 4.79 Å². The molecule has 0 saturated heterocycles. The zero-order valence-corrected chi connectivity index (χ0v) is 8.63. The summed E-state index contributed by atoms with van der Waals surface area (Å²) < 4.78 is 0. The number of hydrogen-bond acceptors (Lipinski definition) is 2. The van der Waals surface area contributed by atoms with Gasteiger partial charge >= 0.3 is 0 Å². The molecule has 0 aliphatic carbocycles. The number of aromatic amines is 1. The molecule has 4 heteroatoms. The molecule has 0 radical (unpaired) electrons. The average molecular weight is 195 g/mol. The predicted molar refractivity (Wildman–Crippen MR) is 55.5 cm³/mol. The molecule has 0 aromatic carbocycles. The molecule has 4 N–H and O–H groups in total. The second-order valence-corrected chi connectivity index (χ2v) is 3.67. The van der Waals surface area contributed by atoms with Gasteiger partial charge in [-0.1, -0.05) is 6.92 Å². The van der Waals surface area contributed by atoms with Crippen molar-refractivity contribution in [1.29, 1.82) is 0 Å². The number of carbonyl (C=O) groups excluding carboxylic acids is 1. The van der Waals surface area contributed by atoms with Crippen LogP contribution in [0.4, 0.5) is 0 Å². The van der Waals surface area contributed by atoms with Crippen molar-refractivity contribution < 1.29 is 4.79 Å². The lowest BCUT2D eigenvalue weighted by molar-refractivity contribution is -0.126. The minimum absolute atomic E-state index is 0.110. The number of hydrogen-bond donors (Lipinski definition) is 3. The Balaban J connectivity index is 2.43. The molecule has 78 valence electrons. The maximum Gasteiger partial charge on any atom is 0.240 e. The summed E-state index contributed by atoms with van der Waals surface area (Å²) in [5.41, 5.74) is 6.06. The highest BCUT2D eigenvalue weighted by Crippen LogP contribution is 2.05. The molecule has 0 spiro atoms. The Bertz CT molecular complexity index is 290. The highest BCUT2D eigenvalue weighted by molar-refractivity contribution is 5.85. The van der Waals surface area contributed by atoms with Gasteiger partial charge in [0.2, 0.25) is 5.91 Å². The first kappa shape index (κ1) is 10.8. The Morgan fingerprint density at radius 1 is 1.71 bits per heavy atom. The fourth-order valence-electron chi connectivity index (χ4n) is 1.01. The van der Waals surface area contributed by atoms with Crippen LogP contribution in [0.2, 0.25) is 0 Å². The fourth-order valence-corrected chi connectivity index (χ4v) is 1.01. The average Bonchev–Trinajstić information content (AvgIpc) is 2.66. The second-order valence-electron chi connectivity index (χ2n) is 3.67. The molecule has 0 bridgehead atoms. The third-order valence-electron chi connectivity index (χ3n) is 2.37. The lowest BCUT2D eigenvalue weighted by Gasteiger charge is -2.21. The minimum atomic E-state index is -0.768. The Morgan fingerprint density at radius 3 is 2.93 bits per heavy atom. The van der Waals surface area contributed by atoms with E-state index in [9.17, 15) is 4.79 Å². The lowest BCUT2D eigenvalue weighted by Crippen LogP contribution is -2.50. The molecule has 14 heavy (non-hydrogen) atoms. The van der Waals surface area contributed by atoms with E-state index in [1.54, 1.807) is 6.92 Å². The standard InChI is InChI=1S/C10H17N3O/c1-3-10(2,11)9(14)13-7-8-4-5-12-6-8/h4-6,12H,3,7,11H2,1-2H3,(H,13,14). The molecule has 1 unspecified atom stereocenters. The number of nitrogens with one attached hydrogen (secondary N) is 2. The predicted octanol–water partition coefficient (Wildman–Crippen LogP) is 0.758. The molecule has 1 amide bonds. The zero-order chi connectivity index (χ0) is 10.6. The van der Waals surface area contributed by atoms with Crippen molar-refractivity contribution in [2.75, 3.05) is 0 Å². The Hall–Kier alpha value is -1.29. The minimum Gasteiger partial charge on any atom is -0.367 e. The first-order valence-electron chi connectivity index (χ1n) is 4.75.